The van der Waals surface area contributed by atoms with Crippen molar-refractivity contribution in [3.8, 4) is 16.9 Å². The van der Waals surface area contributed by atoms with Crippen molar-refractivity contribution in [2.24, 2.45) is 5.92 Å². The van der Waals surface area contributed by atoms with Gasteiger partial charge in [0, 0.05) is 28.4 Å². The maximum atomic E-state index is 12.6. The molecule has 1 aliphatic carbocycles. The van der Waals surface area contributed by atoms with Crippen molar-refractivity contribution in [2.45, 2.75) is 17.7 Å². The number of H-pyrrole nitrogens is 1. The van der Waals surface area contributed by atoms with Gasteiger partial charge in [0.2, 0.25) is 10.0 Å². The van der Waals surface area contributed by atoms with Crippen molar-refractivity contribution in [1.29, 1.82) is 0 Å². The number of rotatable bonds is 6. The van der Waals surface area contributed by atoms with Crippen LogP contribution in [0.3, 0.4) is 0 Å². The number of sulfonamides is 1. The molecule has 5 rings (SSSR count). The Hall–Kier alpha value is -2.68. The van der Waals surface area contributed by atoms with Crippen molar-refractivity contribution >= 4 is 42.3 Å². The minimum absolute atomic E-state index is 0.119. The first kappa shape index (κ1) is 19.3. The van der Waals surface area contributed by atoms with Gasteiger partial charge >= 0.3 is 0 Å². The first-order valence-electron chi connectivity index (χ1n) is 9.68. The lowest BCUT2D eigenvalue weighted by Crippen LogP contribution is -2.25. The summed E-state index contributed by atoms with van der Waals surface area (Å²) in [5.41, 5.74) is 2.24. The molecule has 30 heavy (non-hydrogen) atoms. The highest BCUT2D eigenvalue weighted by atomic mass is 32.2. The van der Waals surface area contributed by atoms with Crippen molar-refractivity contribution in [3.63, 3.8) is 0 Å². The van der Waals surface area contributed by atoms with Gasteiger partial charge in [-0.15, -0.1) is 11.3 Å². The fraction of sp³-hybridized carbons (Fsp3) is 0.227. The van der Waals surface area contributed by atoms with Gasteiger partial charge in [-0.2, -0.15) is 0 Å². The van der Waals surface area contributed by atoms with Crippen molar-refractivity contribution in [2.75, 3.05) is 13.7 Å². The van der Waals surface area contributed by atoms with E-state index >= 15 is 0 Å². The molecule has 4 aromatic rings. The highest BCUT2D eigenvalue weighted by Gasteiger charge is 2.24. The van der Waals surface area contributed by atoms with Gasteiger partial charge < -0.3 is 9.72 Å². The first-order valence-corrected chi connectivity index (χ1v) is 12.0. The summed E-state index contributed by atoms with van der Waals surface area (Å²) in [7, 11) is -1.93. The number of thiophene rings is 1. The Balaban J connectivity index is 1.65. The Morgan fingerprint density at radius 3 is 2.60 bits per heavy atom. The highest BCUT2D eigenvalue weighted by molar-refractivity contribution is 7.89. The summed E-state index contributed by atoms with van der Waals surface area (Å²) in [5.74, 6) is 1.12. The van der Waals surface area contributed by atoms with Crippen molar-refractivity contribution in [3.05, 3.63) is 58.2 Å². The van der Waals surface area contributed by atoms with Crippen LogP contribution in [0.4, 0.5) is 0 Å². The molecular weight excluding hydrogens is 420 g/mol. The van der Waals surface area contributed by atoms with Crippen LogP contribution in [0.25, 0.3) is 32.1 Å². The van der Waals surface area contributed by atoms with Gasteiger partial charge in [-0.1, -0.05) is 12.1 Å². The van der Waals surface area contributed by atoms with E-state index in [0.29, 0.717) is 28.4 Å². The number of methoxy groups -OCH3 is 1. The lowest BCUT2D eigenvalue weighted by Gasteiger charge is -2.14. The van der Waals surface area contributed by atoms with Crippen LogP contribution in [-0.2, 0) is 10.0 Å². The number of aromatic nitrogens is 1. The van der Waals surface area contributed by atoms with E-state index in [0.717, 1.165) is 34.7 Å². The molecule has 2 N–H and O–H groups in total. The molecular formula is C22H20N2O4S2. The van der Waals surface area contributed by atoms with Gasteiger partial charge in [-0.25, -0.2) is 13.1 Å². The second kappa shape index (κ2) is 7.23. The lowest BCUT2D eigenvalue weighted by atomic mass is 9.97. The molecule has 1 fully saturated rings. The SMILES string of the molecule is COc1ccc2[nH]c(=O)c3sccc3c2c1-c1ccc(S(=O)(=O)NCC2CC2)cc1. The third-order valence-corrected chi connectivity index (χ3v) is 7.84. The van der Waals surface area contributed by atoms with Crippen LogP contribution in [0, 0.1) is 5.92 Å². The van der Waals surface area contributed by atoms with Crippen LogP contribution in [0.2, 0.25) is 0 Å². The van der Waals surface area contributed by atoms with E-state index in [4.69, 9.17) is 4.74 Å². The third kappa shape index (κ3) is 3.30. The van der Waals surface area contributed by atoms with Crippen molar-refractivity contribution < 1.29 is 13.2 Å². The number of hydrogen-bond acceptors (Lipinski definition) is 5. The van der Waals surface area contributed by atoms with E-state index in [-0.39, 0.29) is 10.5 Å². The Morgan fingerprint density at radius 2 is 1.90 bits per heavy atom. The van der Waals surface area contributed by atoms with Gasteiger partial charge in [0.1, 0.15) is 10.4 Å². The van der Waals surface area contributed by atoms with Crippen LogP contribution >= 0.6 is 11.3 Å². The molecule has 0 aliphatic heterocycles. The Labute approximate surface area is 177 Å². The maximum absolute atomic E-state index is 12.6. The molecule has 0 radical (unpaired) electrons. The van der Waals surface area contributed by atoms with Crippen LogP contribution in [0.15, 0.2) is 57.5 Å². The highest BCUT2D eigenvalue weighted by Crippen LogP contribution is 2.40. The molecule has 1 saturated carbocycles. The minimum Gasteiger partial charge on any atom is -0.496 e. The quantitative estimate of drug-likeness (QED) is 0.472. The average Bonchev–Trinajstić information content (AvgIpc) is 3.45. The number of aromatic amines is 1. The van der Waals surface area contributed by atoms with E-state index < -0.39 is 10.0 Å². The number of pyridine rings is 1. The Bertz CT molecular complexity index is 1420. The molecule has 2 heterocycles. The van der Waals surface area contributed by atoms with Crippen LogP contribution < -0.4 is 15.0 Å². The maximum Gasteiger partial charge on any atom is 0.266 e. The minimum atomic E-state index is -3.53. The monoisotopic (exact) mass is 440 g/mol. The fourth-order valence-corrected chi connectivity index (χ4v) is 5.63. The summed E-state index contributed by atoms with van der Waals surface area (Å²) in [6, 6.07) is 12.4. The lowest BCUT2D eigenvalue weighted by molar-refractivity contribution is 0.417. The zero-order valence-corrected chi connectivity index (χ0v) is 17.9. The van der Waals surface area contributed by atoms with Gasteiger partial charge in [0.15, 0.2) is 0 Å². The number of benzene rings is 2. The second-order valence-electron chi connectivity index (χ2n) is 7.50. The summed E-state index contributed by atoms with van der Waals surface area (Å²) >= 11 is 1.39. The molecule has 0 atom stereocenters. The summed E-state index contributed by atoms with van der Waals surface area (Å²) in [4.78, 5) is 15.6. The predicted octanol–water partition coefficient (Wildman–Crippen LogP) is 4.11. The molecule has 0 bridgehead atoms. The van der Waals surface area contributed by atoms with E-state index in [2.05, 4.69) is 9.71 Å². The normalized spacial score (nSPS) is 14.4. The van der Waals surface area contributed by atoms with E-state index in [9.17, 15) is 13.2 Å². The number of nitrogens with one attached hydrogen (secondary N) is 2. The molecule has 8 heteroatoms. The standard InChI is InChI=1S/C22H20N2O4S2/c1-28-18-9-8-17-20(16-10-11-29-21(16)22(25)24-17)19(18)14-4-6-15(7-5-14)30(26,27)23-12-13-2-3-13/h4-11,13,23H,2-3,12H2,1H3,(H,24,25). The van der Waals surface area contributed by atoms with Gasteiger partial charge in [0.25, 0.3) is 5.56 Å². The predicted molar refractivity (Wildman–Crippen MR) is 120 cm³/mol. The van der Waals surface area contributed by atoms with Gasteiger partial charge in [-0.05, 0) is 60.0 Å². The summed E-state index contributed by atoms with van der Waals surface area (Å²) < 4.78 is 34.1. The summed E-state index contributed by atoms with van der Waals surface area (Å²) in [6.07, 6.45) is 2.17. The molecule has 1 aliphatic rings. The van der Waals surface area contributed by atoms with E-state index in [1.807, 2.05) is 23.6 Å². The molecule has 0 spiro atoms. The van der Waals surface area contributed by atoms with Crippen molar-refractivity contribution in [1.82, 2.24) is 9.71 Å². The molecule has 0 unspecified atom stereocenters. The Morgan fingerprint density at radius 1 is 1.13 bits per heavy atom. The van der Waals surface area contributed by atoms with Gasteiger partial charge in [0.05, 0.1) is 12.0 Å². The third-order valence-electron chi connectivity index (χ3n) is 5.49. The number of fused-ring (bicyclic) bond motifs is 3. The van der Waals surface area contributed by atoms with Crippen LogP contribution in [0.1, 0.15) is 12.8 Å². The molecule has 154 valence electrons. The zero-order chi connectivity index (χ0) is 20.9. The molecule has 2 aromatic heterocycles. The average molecular weight is 441 g/mol. The molecule has 6 nitrogen and oxygen atoms in total. The van der Waals surface area contributed by atoms with E-state index in [1.165, 1.54) is 11.3 Å². The Kier molecular flexibility index (Phi) is 4.65. The number of hydrogen-bond donors (Lipinski definition) is 2. The largest absolute Gasteiger partial charge is 0.496 e. The second-order valence-corrected chi connectivity index (χ2v) is 10.2. The zero-order valence-electron chi connectivity index (χ0n) is 16.3. The molecule has 0 amide bonds. The fourth-order valence-electron chi connectivity index (χ4n) is 3.72. The molecule has 0 saturated heterocycles. The van der Waals surface area contributed by atoms with Crippen LogP contribution in [0.5, 0.6) is 5.75 Å². The van der Waals surface area contributed by atoms with Crippen LogP contribution in [-0.4, -0.2) is 27.1 Å². The first-order chi connectivity index (χ1) is 14.5. The number of ether oxygens (including phenoxy) is 1. The molecule has 2 aromatic carbocycles. The smallest absolute Gasteiger partial charge is 0.266 e. The summed E-state index contributed by atoms with van der Waals surface area (Å²) in [6.45, 7) is 0.491. The van der Waals surface area contributed by atoms with E-state index in [1.54, 1.807) is 31.4 Å². The topological polar surface area (TPSA) is 88.3 Å². The van der Waals surface area contributed by atoms with Gasteiger partial charge in [-0.3, -0.25) is 4.79 Å². The summed E-state index contributed by atoms with van der Waals surface area (Å²) in [5, 5.41) is 3.63.